The second kappa shape index (κ2) is 8.29. The van der Waals surface area contributed by atoms with E-state index in [4.69, 9.17) is 4.74 Å². The molecule has 1 heterocycles. The summed E-state index contributed by atoms with van der Waals surface area (Å²) in [4.78, 5) is 38.2. The zero-order valence-corrected chi connectivity index (χ0v) is 18.9. The number of esters is 1. The first-order valence-electron chi connectivity index (χ1n) is 11.5. The van der Waals surface area contributed by atoms with Crippen LogP contribution in [-0.4, -0.2) is 34.9 Å². The molecule has 31 heavy (non-hydrogen) atoms. The lowest BCUT2D eigenvalue weighted by atomic mass is 9.49. The minimum absolute atomic E-state index is 0.00431. The van der Waals surface area contributed by atoms with Gasteiger partial charge in [-0.3, -0.25) is 9.59 Å². The molecule has 4 aliphatic carbocycles. The highest BCUT2D eigenvalue weighted by atomic mass is 16.5. The van der Waals surface area contributed by atoms with Crippen molar-refractivity contribution in [3.8, 4) is 0 Å². The topological polar surface area (TPSA) is 77.4 Å². The third-order valence-electron chi connectivity index (χ3n) is 7.75. The minimum Gasteiger partial charge on any atom is -0.456 e. The third-order valence-corrected chi connectivity index (χ3v) is 7.75. The van der Waals surface area contributed by atoms with E-state index in [0.717, 1.165) is 30.7 Å². The SMILES string of the molecule is C=CCn1c(C)cc(C(=O)COC(=O)[C@H](C)NC(=O)C23CC4CC(CC(C4)C2)C3)c1C. The highest BCUT2D eigenvalue weighted by Crippen LogP contribution is 2.60. The van der Waals surface area contributed by atoms with Gasteiger partial charge in [0.05, 0.1) is 0 Å². The quantitative estimate of drug-likeness (QED) is 0.390. The zero-order valence-electron chi connectivity index (χ0n) is 18.9. The predicted octanol–water partition coefficient (Wildman–Crippen LogP) is 3.74. The first kappa shape index (κ1) is 21.8. The number of aromatic nitrogens is 1. The highest BCUT2D eigenvalue weighted by molar-refractivity contribution is 5.99. The number of nitrogens with one attached hydrogen (secondary N) is 1. The Morgan fingerprint density at radius 2 is 1.77 bits per heavy atom. The minimum atomic E-state index is -0.762. The summed E-state index contributed by atoms with van der Waals surface area (Å²) in [6.07, 6.45) is 8.42. The molecule has 1 aromatic heterocycles. The van der Waals surface area contributed by atoms with Crippen LogP contribution < -0.4 is 5.32 Å². The number of nitrogens with zero attached hydrogens (tertiary/aromatic N) is 1. The molecular formula is C25H34N2O4. The lowest BCUT2D eigenvalue weighted by Crippen LogP contribution is -2.56. The van der Waals surface area contributed by atoms with Gasteiger partial charge in [-0.25, -0.2) is 4.79 Å². The molecule has 6 heteroatoms. The van der Waals surface area contributed by atoms with E-state index in [9.17, 15) is 14.4 Å². The van der Waals surface area contributed by atoms with E-state index in [1.165, 1.54) is 19.3 Å². The Balaban J connectivity index is 1.32. The van der Waals surface area contributed by atoms with Gasteiger partial charge in [0.25, 0.3) is 0 Å². The summed E-state index contributed by atoms with van der Waals surface area (Å²) in [5.41, 5.74) is 2.05. The normalized spacial score (nSPS) is 29.5. The fraction of sp³-hybridized carbons (Fsp3) is 0.640. The van der Waals surface area contributed by atoms with Crippen LogP contribution in [0.5, 0.6) is 0 Å². The molecule has 1 amide bonds. The Kier molecular flexibility index (Phi) is 5.84. The molecule has 0 radical (unpaired) electrons. The summed E-state index contributed by atoms with van der Waals surface area (Å²) in [6, 6.07) is 1.05. The maximum absolute atomic E-state index is 13.1. The van der Waals surface area contributed by atoms with E-state index in [1.807, 2.05) is 24.5 Å². The third kappa shape index (κ3) is 4.09. The van der Waals surface area contributed by atoms with E-state index >= 15 is 0 Å². The van der Waals surface area contributed by atoms with Crippen LogP contribution in [0.3, 0.4) is 0 Å². The van der Waals surface area contributed by atoms with E-state index in [2.05, 4.69) is 11.9 Å². The molecule has 0 unspecified atom stereocenters. The number of amides is 1. The monoisotopic (exact) mass is 426 g/mol. The van der Waals surface area contributed by atoms with E-state index in [-0.39, 0.29) is 23.7 Å². The summed E-state index contributed by atoms with van der Waals surface area (Å²) in [7, 11) is 0. The molecule has 0 spiro atoms. The van der Waals surface area contributed by atoms with Gasteiger partial charge in [-0.05, 0) is 83.1 Å². The lowest BCUT2D eigenvalue weighted by Gasteiger charge is -2.55. The van der Waals surface area contributed by atoms with Crippen molar-refractivity contribution >= 4 is 17.7 Å². The Hall–Kier alpha value is -2.37. The molecule has 6 nitrogen and oxygen atoms in total. The molecule has 0 saturated heterocycles. The molecule has 1 atom stereocenters. The number of aryl methyl sites for hydroxylation is 1. The molecule has 0 aromatic carbocycles. The van der Waals surface area contributed by atoms with Gasteiger partial charge in [-0.1, -0.05) is 6.08 Å². The largest absolute Gasteiger partial charge is 0.456 e. The Morgan fingerprint density at radius 3 is 2.32 bits per heavy atom. The molecule has 168 valence electrons. The molecule has 5 rings (SSSR count). The van der Waals surface area contributed by atoms with Crippen molar-refractivity contribution in [3.05, 3.63) is 35.7 Å². The molecule has 0 aliphatic heterocycles. The number of carbonyl (C=O) groups excluding carboxylic acids is 3. The fourth-order valence-corrected chi connectivity index (χ4v) is 6.63. The number of ether oxygens (including phenoxy) is 1. The molecular weight excluding hydrogens is 392 g/mol. The molecule has 1 N–H and O–H groups in total. The van der Waals surface area contributed by atoms with Crippen molar-refractivity contribution in [2.24, 2.45) is 23.2 Å². The number of carbonyl (C=O) groups is 3. The summed E-state index contributed by atoms with van der Waals surface area (Å²) >= 11 is 0. The van der Waals surface area contributed by atoms with Crippen molar-refractivity contribution in [2.45, 2.75) is 71.9 Å². The Bertz CT molecular complexity index is 878. The first-order valence-corrected chi connectivity index (χ1v) is 11.5. The van der Waals surface area contributed by atoms with Gasteiger partial charge in [-0.2, -0.15) is 0 Å². The van der Waals surface area contributed by atoms with E-state index in [0.29, 0.717) is 29.9 Å². The van der Waals surface area contributed by atoms with Gasteiger partial charge in [-0.15, -0.1) is 6.58 Å². The average molecular weight is 427 g/mol. The van der Waals surface area contributed by atoms with Crippen LogP contribution in [-0.2, 0) is 20.9 Å². The molecule has 1 aromatic rings. The highest BCUT2D eigenvalue weighted by Gasteiger charge is 2.54. The number of Topliss-reactive ketones (excluding diaryl/α,β-unsaturated/α-hetero) is 1. The van der Waals surface area contributed by atoms with Crippen molar-refractivity contribution in [1.29, 1.82) is 0 Å². The van der Waals surface area contributed by atoms with Crippen molar-refractivity contribution in [1.82, 2.24) is 9.88 Å². The van der Waals surface area contributed by atoms with Gasteiger partial charge in [0.2, 0.25) is 11.7 Å². The maximum Gasteiger partial charge on any atom is 0.328 e. The summed E-state index contributed by atoms with van der Waals surface area (Å²) in [6.45, 7) is 9.49. The number of ketones is 1. The Morgan fingerprint density at radius 1 is 1.19 bits per heavy atom. The van der Waals surface area contributed by atoms with Crippen LogP contribution in [0.25, 0.3) is 0 Å². The summed E-state index contributed by atoms with van der Waals surface area (Å²) < 4.78 is 7.27. The van der Waals surface area contributed by atoms with Crippen LogP contribution in [0.2, 0.25) is 0 Å². The summed E-state index contributed by atoms with van der Waals surface area (Å²) in [5.74, 6) is 1.18. The number of hydrogen-bond donors (Lipinski definition) is 1. The first-order chi connectivity index (χ1) is 14.7. The fourth-order valence-electron chi connectivity index (χ4n) is 6.63. The van der Waals surface area contributed by atoms with Crippen molar-refractivity contribution in [2.75, 3.05) is 6.61 Å². The van der Waals surface area contributed by atoms with Crippen LogP contribution in [0, 0.1) is 37.0 Å². The van der Waals surface area contributed by atoms with E-state index < -0.39 is 12.0 Å². The number of hydrogen-bond acceptors (Lipinski definition) is 4. The second-order valence-electron chi connectivity index (χ2n) is 10.1. The van der Waals surface area contributed by atoms with Gasteiger partial charge >= 0.3 is 5.97 Å². The average Bonchev–Trinajstić information content (AvgIpc) is 2.99. The van der Waals surface area contributed by atoms with Gasteiger partial charge < -0.3 is 14.6 Å². The van der Waals surface area contributed by atoms with Crippen molar-refractivity contribution < 1.29 is 19.1 Å². The molecule has 4 saturated carbocycles. The maximum atomic E-state index is 13.1. The second-order valence-corrected chi connectivity index (χ2v) is 10.1. The van der Waals surface area contributed by atoms with Gasteiger partial charge in [0, 0.05) is 28.9 Å². The zero-order chi connectivity index (χ0) is 22.3. The van der Waals surface area contributed by atoms with Crippen LogP contribution >= 0.6 is 0 Å². The lowest BCUT2D eigenvalue weighted by molar-refractivity contribution is -0.153. The van der Waals surface area contributed by atoms with Crippen molar-refractivity contribution in [3.63, 3.8) is 0 Å². The smallest absolute Gasteiger partial charge is 0.328 e. The standard InChI is InChI=1S/C25H34N2O4/c1-5-6-27-15(2)7-21(17(27)4)22(28)14-31-23(29)16(3)26-24(30)25-11-18-8-19(12-25)10-20(9-18)13-25/h5,7,16,18-20H,1,6,8-14H2,2-4H3,(H,26,30)/t16-,18?,19?,20?,25?/m0/s1. The van der Waals surface area contributed by atoms with Crippen LogP contribution in [0.15, 0.2) is 18.7 Å². The number of allylic oxidation sites excluding steroid dienone is 1. The predicted molar refractivity (Wildman–Crippen MR) is 118 cm³/mol. The Labute approximate surface area is 184 Å². The molecule has 4 aliphatic rings. The summed E-state index contributed by atoms with van der Waals surface area (Å²) in [5, 5.41) is 2.90. The van der Waals surface area contributed by atoms with Gasteiger partial charge in [0.15, 0.2) is 6.61 Å². The van der Waals surface area contributed by atoms with Crippen LogP contribution in [0.4, 0.5) is 0 Å². The molecule has 4 fully saturated rings. The molecule has 4 bridgehead atoms. The number of rotatable bonds is 8. The van der Waals surface area contributed by atoms with Gasteiger partial charge in [0.1, 0.15) is 6.04 Å². The van der Waals surface area contributed by atoms with Crippen LogP contribution in [0.1, 0.15) is 67.2 Å². The van der Waals surface area contributed by atoms with E-state index in [1.54, 1.807) is 13.0 Å².